The van der Waals surface area contributed by atoms with Gasteiger partial charge in [0.2, 0.25) is 11.8 Å². The Hall–Kier alpha value is -3.06. The van der Waals surface area contributed by atoms with Crippen molar-refractivity contribution in [2.24, 2.45) is 0 Å². The van der Waals surface area contributed by atoms with Gasteiger partial charge < -0.3 is 20.3 Å². The lowest BCUT2D eigenvalue weighted by Gasteiger charge is -2.32. The van der Waals surface area contributed by atoms with Gasteiger partial charge in [-0.05, 0) is 36.2 Å². The molecule has 162 valence electrons. The molecule has 4 rings (SSSR count). The SMILES string of the molecule is O=C(CN1CCC2(CCC1=O)CNC(=O)c1ccccc1O2)NCc1cccc(Cl)c1. The van der Waals surface area contributed by atoms with Crippen molar-refractivity contribution in [1.29, 1.82) is 0 Å². The van der Waals surface area contributed by atoms with E-state index in [-0.39, 0.29) is 30.7 Å². The van der Waals surface area contributed by atoms with Gasteiger partial charge in [-0.2, -0.15) is 0 Å². The van der Waals surface area contributed by atoms with Gasteiger partial charge in [0.1, 0.15) is 11.4 Å². The van der Waals surface area contributed by atoms with Crippen LogP contribution in [0.2, 0.25) is 5.02 Å². The largest absolute Gasteiger partial charge is 0.485 e. The number of nitrogens with zero attached hydrogens (tertiary/aromatic N) is 1. The predicted molar refractivity (Wildman–Crippen MR) is 116 cm³/mol. The Labute approximate surface area is 185 Å². The number of benzene rings is 2. The summed E-state index contributed by atoms with van der Waals surface area (Å²) in [4.78, 5) is 39.0. The molecule has 8 heteroatoms. The van der Waals surface area contributed by atoms with E-state index < -0.39 is 5.60 Å². The average molecular weight is 442 g/mol. The van der Waals surface area contributed by atoms with Crippen molar-refractivity contribution in [2.75, 3.05) is 19.6 Å². The molecule has 1 spiro atoms. The smallest absolute Gasteiger partial charge is 0.255 e. The third-order valence-electron chi connectivity index (χ3n) is 5.73. The van der Waals surface area contributed by atoms with Crippen molar-refractivity contribution in [2.45, 2.75) is 31.4 Å². The maximum Gasteiger partial charge on any atom is 0.255 e. The average Bonchev–Trinajstić information content (AvgIpc) is 3.00. The van der Waals surface area contributed by atoms with Gasteiger partial charge in [0.15, 0.2) is 0 Å². The van der Waals surface area contributed by atoms with E-state index in [1.165, 1.54) is 0 Å². The normalized spacial score (nSPS) is 20.9. The number of fused-ring (bicyclic) bond motifs is 1. The van der Waals surface area contributed by atoms with Crippen LogP contribution in [0.4, 0.5) is 0 Å². The van der Waals surface area contributed by atoms with E-state index in [1.807, 2.05) is 18.2 Å². The molecule has 1 unspecified atom stereocenters. The molecule has 0 saturated carbocycles. The first-order valence-corrected chi connectivity index (χ1v) is 10.7. The molecule has 3 amide bonds. The first-order chi connectivity index (χ1) is 14.9. The van der Waals surface area contributed by atoms with Gasteiger partial charge in [-0.1, -0.05) is 35.9 Å². The van der Waals surface area contributed by atoms with E-state index in [2.05, 4.69) is 10.6 Å². The van der Waals surface area contributed by atoms with Gasteiger partial charge in [0, 0.05) is 31.0 Å². The number of nitrogens with one attached hydrogen (secondary N) is 2. The Kier molecular flexibility index (Phi) is 6.13. The van der Waals surface area contributed by atoms with E-state index in [9.17, 15) is 14.4 Å². The molecular weight excluding hydrogens is 418 g/mol. The lowest BCUT2D eigenvalue weighted by Crippen LogP contribution is -2.46. The van der Waals surface area contributed by atoms with Gasteiger partial charge in [-0.3, -0.25) is 14.4 Å². The third-order valence-corrected chi connectivity index (χ3v) is 5.96. The molecule has 2 N–H and O–H groups in total. The van der Waals surface area contributed by atoms with Gasteiger partial charge in [-0.25, -0.2) is 0 Å². The maximum absolute atomic E-state index is 12.7. The van der Waals surface area contributed by atoms with E-state index in [1.54, 1.807) is 35.2 Å². The number of para-hydroxylation sites is 1. The van der Waals surface area contributed by atoms with Crippen LogP contribution in [0.3, 0.4) is 0 Å². The van der Waals surface area contributed by atoms with Crippen LogP contribution >= 0.6 is 11.6 Å². The fourth-order valence-corrected chi connectivity index (χ4v) is 4.17. The Morgan fingerprint density at radius 3 is 2.84 bits per heavy atom. The highest BCUT2D eigenvalue weighted by molar-refractivity contribution is 6.30. The molecule has 1 fully saturated rings. The number of hydrogen-bond acceptors (Lipinski definition) is 4. The van der Waals surface area contributed by atoms with E-state index in [0.717, 1.165) is 5.56 Å². The second-order valence-electron chi connectivity index (χ2n) is 7.94. The number of carbonyl (C=O) groups is 3. The highest BCUT2D eigenvalue weighted by atomic mass is 35.5. The Morgan fingerprint density at radius 2 is 2.00 bits per heavy atom. The highest BCUT2D eigenvalue weighted by Crippen LogP contribution is 2.33. The summed E-state index contributed by atoms with van der Waals surface area (Å²) in [5.41, 5.74) is 0.708. The minimum Gasteiger partial charge on any atom is -0.485 e. The van der Waals surface area contributed by atoms with Gasteiger partial charge >= 0.3 is 0 Å². The number of amides is 3. The van der Waals surface area contributed by atoms with Crippen LogP contribution in [0.25, 0.3) is 0 Å². The van der Waals surface area contributed by atoms with E-state index in [4.69, 9.17) is 16.3 Å². The van der Waals surface area contributed by atoms with Gasteiger partial charge in [0.25, 0.3) is 5.91 Å². The zero-order valence-corrected chi connectivity index (χ0v) is 17.8. The monoisotopic (exact) mass is 441 g/mol. The standard InChI is InChI=1S/C23H24ClN3O4/c24-17-5-3-4-16(12-17)13-25-20(28)14-27-11-10-23(9-8-21(27)29)15-26-22(30)18-6-1-2-7-19(18)31-23/h1-7,12H,8-11,13-15H2,(H,25,28)(H,26,30). The number of halogens is 1. The van der Waals surface area contributed by atoms with E-state index in [0.29, 0.717) is 48.8 Å². The lowest BCUT2D eigenvalue weighted by atomic mass is 9.94. The third kappa shape index (κ3) is 4.99. The molecular formula is C23H24ClN3O4. The number of likely N-dealkylation sites (tertiary alicyclic amines) is 1. The maximum atomic E-state index is 12.7. The minimum absolute atomic E-state index is 0.0155. The quantitative estimate of drug-likeness (QED) is 0.763. The summed E-state index contributed by atoms with van der Waals surface area (Å²) in [5, 5.41) is 6.36. The Balaban J connectivity index is 1.38. The van der Waals surface area contributed by atoms with Crippen LogP contribution in [0.15, 0.2) is 48.5 Å². The zero-order valence-electron chi connectivity index (χ0n) is 17.0. The van der Waals surface area contributed by atoms with E-state index >= 15 is 0 Å². The number of hydrogen-bond donors (Lipinski definition) is 2. The van der Waals surface area contributed by atoms with Crippen molar-refractivity contribution in [3.63, 3.8) is 0 Å². The zero-order chi connectivity index (χ0) is 21.8. The number of ether oxygens (including phenoxy) is 1. The molecule has 2 aliphatic rings. The summed E-state index contributed by atoms with van der Waals surface area (Å²) >= 11 is 5.97. The second kappa shape index (κ2) is 8.98. The molecule has 31 heavy (non-hydrogen) atoms. The molecule has 2 aliphatic heterocycles. The van der Waals surface area contributed by atoms with Crippen LogP contribution in [-0.4, -0.2) is 47.9 Å². The molecule has 2 aromatic carbocycles. The van der Waals surface area contributed by atoms with Gasteiger partial charge in [0.05, 0.1) is 18.7 Å². The highest BCUT2D eigenvalue weighted by Gasteiger charge is 2.40. The molecule has 0 aliphatic carbocycles. The summed E-state index contributed by atoms with van der Waals surface area (Å²) in [6.07, 6.45) is 1.25. The van der Waals surface area contributed by atoms with Crippen molar-refractivity contribution < 1.29 is 19.1 Å². The number of carbonyl (C=O) groups excluding carboxylic acids is 3. The molecule has 2 aromatic rings. The van der Waals surface area contributed by atoms with Gasteiger partial charge in [-0.15, -0.1) is 0 Å². The summed E-state index contributed by atoms with van der Waals surface area (Å²) in [7, 11) is 0. The summed E-state index contributed by atoms with van der Waals surface area (Å²) < 4.78 is 6.28. The summed E-state index contributed by atoms with van der Waals surface area (Å²) in [6, 6.07) is 14.4. The van der Waals surface area contributed by atoms with Crippen LogP contribution in [0.5, 0.6) is 5.75 Å². The molecule has 1 atom stereocenters. The van der Waals surface area contributed by atoms with Crippen LogP contribution in [0, 0.1) is 0 Å². The van der Waals surface area contributed by atoms with Crippen molar-refractivity contribution >= 4 is 29.3 Å². The van der Waals surface area contributed by atoms with Crippen molar-refractivity contribution in [1.82, 2.24) is 15.5 Å². The molecule has 0 aromatic heterocycles. The Bertz CT molecular complexity index is 1010. The van der Waals surface area contributed by atoms with Crippen molar-refractivity contribution in [3.8, 4) is 5.75 Å². The Morgan fingerprint density at radius 1 is 1.16 bits per heavy atom. The topological polar surface area (TPSA) is 87.7 Å². The molecule has 7 nitrogen and oxygen atoms in total. The fourth-order valence-electron chi connectivity index (χ4n) is 3.95. The minimum atomic E-state index is -0.677. The lowest BCUT2D eigenvalue weighted by molar-refractivity contribution is -0.135. The molecule has 1 saturated heterocycles. The van der Waals surface area contributed by atoms with Crippen LogP contribution in [0.1, 0.15) is 35.2 Å². The summed E-state index contributed by atoms with van der Waals surface area (Å²) in [5.74, 6) is 0.0184. The second-order valence-corrected chi connectivity index (χ2v) is 8.37. The first kappa shape index (κ1) is 21.2. The fraction of sp³-hybridized carbons (Fsp3) is 0.348. The van der Waals surface area contributed by atoms with Crippen LogP contribution < -0.4 is 15.4 Å². The van der Waals surface area contributed by atoms with Crippen molar-refractivity contribution in [3.05, 3.63) is 64.7 Å². The first-order valence-electron chi connectivity index (χ1n) is 10.3. The predicted octanol–water partition coefficient (Wildman–Crippen LogP) is 2.53. The molecule has 0 radical (unpaired) electrons. The summed E-state index contributed by atoms with van der Waals surface area (Å²) in [6.45, 7) is 1.03. The number of rotatable bonds is 4. The molecule has 0 bridgehead atoms. The molecule has 2 heterocycles. The van der Waals surface area contributed by atoms with Crippen LogP contribution in [-0.2, 0) is 16.1 Å².